The second-order valence-corrected chi connectivity index (χ2v) is 4.87. The van der Waals surface area contributed by atoms with Crippen LogP contribution in [0, 0.1) is 5.92 Å². The summed E-state index contributed by atoms with van der Waals surface area (Å²) in [6.07, 6.45) is 1.29. The number of aromatic nitrogens is 3. The van der Waals surface area contributed by atoms with Crippen LogP contribution in [0.5, 0.6) is 0 Å². The van der Waals surface area contributed by atoms with Gasteiger partial charge in [-0.25, -0.2) is 9.89 Å². The summed E-state index contributed by atoms with van der Waals surface area (Å²) in [6, 6.07) is 0. The van der Waals surface area contributed by atoms with E-state index in [4.69, 9.17) is 4.74 Å². The molecule has 0 radical (unpaired) electrons. The van der Waals surface area contributed by atoms with Crippen molar-refractivity contribution < 1.29 is 4.74 Å². The SMILES string of the molecule is CC(C)[C@@H]1CN(Cc2n[nH]c(=O)[nH]2)CCCO1. The van der Waals surface area contributed by atoms with Crippen LogP contribution >= 0.6 is 0 Å². The van der Waals surface area contributed by atoms with Gasteiger partial charge in [-0.1, -0.05) is 13.8 Å². The minimum absolute atomic E-state index is 0.244. The molecule has 2 rings (SSSR count). The smallest absolute Gasteiger partial charge is 0.340 e. The van der Waals surface area contributed by atoms with Gasteiger partial charge in [-0.15, -0.1) is 0 Å². The van der Waals surface area contributed by atoms with Crippen molar-refractivity contribution in [2.24, 2.45) is 5.92 Å². The number of rotatable bonds is 3. The monoisotopic (exact) mass is 240 g/mol. The van der Waals surface area contributed by atoms with E-state index in [1.165, 1.54) is 0 Å². The summed E-state index contributed by atoms with van der Waals surface area (Å²) in [5.74, 6) is 1.20. The molecule has 1 aliphatic heterocycles. The highest BCUT2D eigenvalue weighted by atomic mass is 16.5. The fourth-order valence-corrected chi connectivity index (χ4v) is 2.06. The quantitative estimate of drug-likeness (QED) is 0.799. The third-order valence-electron chi connectivity index (χ3n) is 3.06. The highest BCUT2D eigenvalue weighted by Crippen LogP contribution is 2.14. The van der Waals surface area contributed by atoms with E-state index in [-0.39, 0.29) is 11.8 Å². The molecule has 0 spiro atoms. The second-order valence-electron chi connectivity index (χ2n) is 4.87. The van der Waals surface area contributed by atoms with Crippen molar-refractivity contribution >= 4 is 0 Å². The van der Waals surface area contributed by atoms with E-state index in [1.807, 2.05) is 0 Å². The highest BCUT2D eigenvalue weighted by Gasteiger charge is 2.21. The third-order valence-corrected chi connectivity index (χ3v) is 3.06. The number of nitrogens with one attached hydrogen (secondary N) is 2. The Bertz CT molecular complexity index is 398. The van der Waals surface area contributed by atoms with Gasteiger partial charge in [0.05, 0.1) is 12.6 Å². The van der Waals surface area contributed by atoms with Crippen molar-refractivity contribution in [3.63, 3.8) is 0 Å². The molecule has 1 aliphatic rings. The van der Waals surface area contributed by atoms with Crippen molar-refractivity contribution in [3.8, 4) is 0 Å². The number of ether oxygens (including phenoxy) is 1. The van der Waals surface area contributed by atoms with Crippen LogP contribution in [0.4, 0.5) is 0 Å². The Morgan fingerprint density at radius 1 is 1.59 bits per heavy atom. The van der Waals surface area contributed by atoms with Crippen molar-refractivity contribution in [3.05, 3.63) is 16.3 Å². The minimum Gasteiger partial charge on any atom is -0.377 e. The van der Waals surface area contributed by atoms with Crippen LogP contribution in [-0.4, -0.2) is 45.9 Å². The first kappa shape index (κ1) is 12.3. The molecule has 1 fully saturated rings. The van der Waals surface area contributed by atoms with Gasteiger partial charge in [-0.05, 0) is 12.3 Å². The lowest BCUT2D eigenvalue weighted by Gasteiger charge is -2.24. The average Bonchev–Trinajstić information content (AvgIpc) is 2.54. The summed E-state index contributed by atoms with van der Waals surface area (Å²) in [5, 5.41) is 6.32. The van der Waals surface area contributed by atoms with Crippen molar-refractivity contribution in [2.75, 3.05) is 19.7 Å². The molecule has 0 bridgehead atoms. The summed E-state index contributed by atoms with van der Waals surface area (Å²) in [5.41, 5.74) is -0.244. The Kier molecular flexibility index (Phi) is 3.96. The number of hydrogen-bond acceptors (Lipinski definition) is 4. The van der Waals surface area contributed by atoms with Gasteiger partial charge in [0, 0.05) is 19.7 Å². The van der Waals surface area contributed by atoms with Gasteiger partial charge >= 0.3 is 5.69 Å². The largest absolute Gasteiger partial charge is 0.377 e. The number of nitrogens with zero attached hydrogens (tertiary/aromatic N) is 2. The van der Waals surface area contributed by atoms with Crippen LogP contribution in [0.25, 0.3) is 0 Å². The van der Waals surface area contributed by atoms with E-state index >= 15 is 0 Å². The Morgan fingerprint density at radius 3 is 3.06 bits per heavy atom. The Morgan fingerprint density at radius 2 is 2.41 bits per heavy atom. The number of H-pyrrole nitrogens is 2. The Balaban J connectivity index is 1.97. The molecule has 0 saturated carbocycles. The zero-order valence-corrected chi connectivity index (χ0v) is 10.4. The van der Waals surface area contributed by atoms with Crippen LogP contribution in [0.3, 0.4) is 0 Å². The molecule has 2 heterocycles. The third kappa shape index (κ3) is 3.41. The van der Waals surface area contributed by atoms with Crippen molar-refractivity contribution in [1.82, 2.24) is 20.1 Å². The van der Waals surface area contributed by atoms with Crippen molar-refractivity contribution in [2.45, 2.75) is 32.9 Å². The van der Waals surface area contributed by atoms with Gasteiger partial charge in [-0.3, -0.25) is 9.88 Å². The number of hydrogen-bond donors (Lipinski definition) is 2. The number of aromatic amines is 2. The first-order chi connectivity index (χ1) is 8.15. The zero-order chi connectivity index (χ0) is 12.3. The predicted molar refractivity (Wildman–Crippen MR) is 63.7 cm³/mol. The van der Waals surface area contributed by atoms with E-state index in [0.717, 1.165) is 26.1 Å². The molecule has 6 heteroatoms. The molecular formula is C11H20N4O2. The maximum atomic E-state index is 11.0. The fraction of sp³-hybridized carbons (Fsp3) is 0.818. The van der Waals surface area contributed by atoms with Gasteiger partial charge in [0.1, 0.15) is 5.82 Å². The topological polar surface area (TPSA) is 74.0 Å². The lowest BCUT2D eigenvalue weighted by Crippen LogP contribution is -2.34. The van der Waals surface area contributed by atoms with Crippen LogP contribution < -0.4 is 5.69 Å². The average molecular weight is 240 g/mol. The maximum absolute atomic E-state index is 11.0. The molecule has 17 heavy (non-hydrogen) atoms. The van der Waals surface area contributed by atoms with E-state index in [0.29, 0.717) is 18.3 Å². The first-order valence-corrected chi connectivity index (χ1v) is 6.12. The van der Waals surface area contributed by atoms with Crippen LogP contribution in [0.1, 0.15) is 26.1 Å². The molecule has 1 aromatic heterocycles. The summed E-state index contributed by atoms with van der Waals surface area (Å²) < 4.78 is 5.80. The molecule has 1 atom stereocenters. The summed E-state index contributed by atoms with van der Waals surface area (Å²) >= 11 is 0. The summed E-state index contributed by atoms with van der Waals surface area (Å²) in [4.78, 5) is 15.9. The molecule has 6 nitrogen and oxygen atoms in total. The first-order valence-electron chi connectivity index (χ1n) is 6.12. The molecule has 1 saturated heterocycles. The molecule has 0 unspecified atom stereocenters. The van der Waals surface area contributed by atoms with Gasteiger partial charge in [-0.2, -0.15) is 5.10 Å². The van der Waals surface area contributed by atoms with Crippen LogP contribution in [0.2, 0.25) is 0 Å². The van der Waals surface area contributed by atoms with E-state index in [9.17, 15) is 4.79 Å². The fourth-order valence-electron chi connectivity index (χ4n) is 2.06. The maximum Gasteiger partial charge on any atom is 0.340 e. The van der Waals surface area contributed by atoms with Gasteiger partial charge in [0.25, 0.3) is 0 Å². The minimum atomic E-state index is -0.244. The zero-order valence-electron chi connectivity index (χ0n) is 10.4. The Hall–Kier alpha value is -1.14. The molecule has 96 valence electrons. The van der Waals surface area contributed by atoms with E-state index in [1.54, 1.807) is 0 Å². The molecule has 0 aromatic carbocycles. The summed E-state index contributed by atoms with van der Waals surface area (Å²) in [7, 11) is 0. The van der Waals surface area contributed by atoms with Crippen LogP contribution in [-0.2, 0) is 11.3 Å². The lowest BCUT2D eigenvalue weighted by molar-refractivity contribution is 0.0219. The van der Waals surface area contributed by atoms with E-state index in [2.05, 4.69) is 33.9 Å². The lowest BCUT2D eigenvalue weighted by atomic mass is 10.1. The standard InChI is InChI=1S/C11H20N4O2/c1-8(2)9-6-15(4-3-5-17-9)7-10-12-11(16)14-13-10/h8-9H,3-7H2,1-2H3,(H2,12,13,14,16)/t9-/m0/s1. The second kappa shape index (κ2) is 5.46. The van der Waals surface area contributed by atoms with Gasteiger partial charge in [0.2, 0.25) is 0 Å². The normalized spacial score (nSPS) is 22.9. The van der Waals surface area contributed by atoms with Gasteiger partial charge < -0.3 is 4.74 Å². The van der Waals surface area contributed by atoms with E-state index < -0.39 is 0 Å². The summed E-state index contributed by atoms with van der Waals surface area (Å²) in [6.45, 7) is 7.71. The molecule has 0 amide bonds. The molecular weight excluding hydrogens is 220 g/mol. The van der Waals surface area contributed by atoms with Crippen LogP contribution in [0.15, 0.2) is 4.79 Å². The predicted octanol–water partition coefficient (Wildman–Crippen LogP) is 0.345. The molecule has 2 N–H and O–H groups in total. The van der Waals surface area contributed by atoms with Crippen molar-refractivity contribution in [1.29, 1.82) is 0 Å². The highest BCUT2D eigenvalue weighted by molar-refractivity contribution is 4.83. The van der Waals surface area contributed by atoms with Gasteiger partial charge in [0.15, 0.2) is 0 Å². The molecule has 1 aromatic rings. The Labute approximate surface area is 100 Å². The molecule has 0 aliphatic carbocycles.